The molecule has 39 heavy (non-hydrogen) atoms. The van der Waals surface area contributed by atoms with Gasteiger partial charge in [-0.25, -0.2) is 0 Å². The van der Waals surface area contributed by atoms with E-state index in [1.165, 1.54) is 32.6 Å². The van der Waals surface area contributed by atoms with Crippen LogP contribution >= 0.6 is 0 Å². The van der Waals surface area contributed by atoms with Gasteiger partial charge in [0, 0.05) is 54.6 Å². The van der Waals surface area contributed by atoms with Gasteiger partial charge in [0.15, 0.2) is 0 Å². The lowest BCUT2D eigenvalue weighted by atomic mass is 10.00. The third-order valence-corrected chi connectivity index (χ3v) is 8.14. The largest absolute Gasteiger partial charge is 0.455 e. The molecule has 0 bridgehead atoms. The third-order valence-electron chi connectivity index (χ3n) is 8.14. The average Bonchev–Trinajstić information content (AvgIpc) is 3.66. The van der Waals surface area contributed by atoms with Crippen molar-refractivity contribution in [3.05, 3.63) is 127 Å². The number of hydrogen-bond donors (Lipinski definition) is 1. The van der Waals surface area contributed by atoms with E-state index in [2.05, 4.69) is 137 Å². The number of benzene rings is 6. The molecule has 0 saturated heterocycles. The lowest BCUT2D eigenvalue weighted by Crippen LogP contribution is -1.93. The predicted molar refractivity (Wildman–Crippen MR) is 163 cm³/mol. The zero-order valence-corrected chi connectivity index (χ0v) is 21.0. The van der Waals surface area contributed by atoms with Crippen molar-refractivity contribution in [2.45, 2.75) is 0 Å². The number of aromatic nitrogens is 2. The summed E-state index contributed by atoms with van der Waals surface area (Å²) in [6.07, 6.45) is 0. The predicted octanol–water partition coefficient (Wildman–Crippen LogP) is 9.98. The van der Waals surface area contributed by atoms with E-state index in [1.807, 2.05) is 0 Å². The van der Waals surface area contributed by atoms with Crippen molar-refractivity contribution in [1.29, 1.82) is 0 Å². The standard InChI is InChI=1S/C36H22N2O/c1-4-13-31-25(8-1)29-20-22(16-18-32(29)37-31)24-11-7-12-28-30-21-23(17-19-35(30)39-36(24)28)38-33-14-5-2-9-26(33)27-10-3-6-15-34(27)38/h1-21,37H. The van der Waals surface area contributed by atoms with E-state index in [9.17, 15) is 0 Å². The minimum Gasteiger partial charge on any atom is -0.455 e. The van der Waals surface area contributed by atoms with Gasteiger partial charge in [-0.15, -0.1) is 0 Å². The summed E-state index contributed by atoms with van der Waals surface area (Å²) in [5, 5.41) is 7.25. The second kappa shape index (κ2) is 7.62. The number of aromatic amines is 1. The van der Waals surface area contributed by atoms with Gasteiger partial charge in [-0.05, 0) is 54.1 Å². The zero-order chi connectivity index (χ0) is 25.5. The van der Waals surface area contributed by atoms with Crippen molar-refractivity contribution >= 4 is 65.6 Å². The maximum absolute atomic E-state index is 6.55. The lowest BCUT2D eigenvalue weighted by Gasteiger charge is -2.08. The van der Waals surface area contributed by atoms with Crippen molar-refractivity contribution in [3.8, 4) is 16.8 Å². The molecule has 0 spiro atoms. The molecule has 0 aliphatic carbocycles. The van der Waals surface area contributed by atoms with Gasteiger partial charge in [0.2, 0.25) is 0 Å². The highest BCUT2D eigenvalue weighted by Crippen LogP contribution is 2.39. The number of para-hydroxylation sites is 4. The molecule has 3 nitrogen and oxygen atoms in total. The van der Waals surface area contributed by atoms with E-state index in [0.29, 0.717) is 0 Å². The molecule has 0 aliphatic rings. The first-order valence-corrected chi connectivity index (χ1v) is 13.3. The Hall–Kier alpha value is -5.28. The second-order valence-electron chi connectivity index (χ2n) is 10.3. The molecule has 0 amide bonds. The summed E-state index contributed by atoms with van der Waals surface area (Å²) in [5.41, 5.74) is 9.93. The van der Waals surface area contributed by atoms with E-state index in [-0.39, 0.29) is 0 Å². The highest BCUT2D eigenvalue weighted by atomic mass is 16.3. The number of nitrogens with zero attached hydrogens (tertiary/aromatic N) is 1. The first kappa shape index (κ1) is 20.7. The summed E-state index contributed by atoms with van der Waals surface area (Å²) in [5.74, 6) is 0. The van der Waals surface area contributed by atoms with Gasteiger partial charge in [-0.2, -0.15) is 0 Å². The minimum absolute atomic E-state index is 0.898. The smallest absolute Gasteiger partial charge is 0.143 e. The molecule has 182 valence electrons. The Morgan fingerprint density at radius 1 is 0.487 bits per heavy atom. The van der Waals surface area contributed by atoms with Crippen LogP contribution in [0.25, 0.3) is 82.4 Å². The monoisotopic (exact) mass is 498 g/mol. The van der Waals surface area contributed by atoms with E-state index in [4.69, 9.17) is 4.42 Å². The van der Waals surface area contributed by atoms with Gasteiger partial charge < -0.3 is 14.0 Å². The average molecular weight is 499 g/mol. The maximum atomic E-state index is 6.55. The first-order chi connectivity index (χ1) is 19.3. The molecule has 3 heteroatoms. The molecule has 1 N–H and O–H groups in total. The van der Waals surface area contributed by atoms with Crippen LogP contribution in [0, 0.1) is 0 Å². The van der Waals surface area contributed by atoms with Crippen molar-refractivity contribution < 1.29 is 4.42 Å². The summed E-state index contributed by atoms with van der Waals surface area (Å²) >= 11 is 0. The number of hydrogen-bond acceptors (Lipinski definition) is 1. The molecule has 0 unspecified atom stereocenters. The molecule has 3 heterocycles. The molecule has 9 aromatic rings. The highest BCUT2D eigenvalue weighted by Gasteiger charge is 2.16. The van der Waals surface area contributed by atoms with Crippen molar-refractivity contribution in [2.75, 3.05) is 0 Å². The number of H-pyrrole nitrogens is 1. The number of furan rings is 1. The molecule has 0 radical (unpaired) electrons. The van der Waals surface area contributed by atoms with Gasteiger partial charge in [-0.1, -0.05) is 78.9 Å². The van der Waals surface area contributed by atoms with Crippen LogP contribution in [0.5, 0.6) is 0 Å². The molecule has 0 saturated carbocycles. The fourth-order valence-corrected chi connectivity index (χ4v) is 6.37. The Kier molecular flexibility index (Phi) is 4.05. The Labute approximate surface area is 223 Å². The molecular formula is C36H22N2O. The Morgan fingerprint density at radius 2 is 1.18 bits per heavy atom. The number of fused-ring (bicyclic) bond motifs is 9. The van der Waals surface area contributed by atoms with Crippen LogP contribution in [-0.4, -0.2) is 9.55 Å². The Morgan fingerprint density at radius 3 is 2.00 bits per heavy atom. The van der Waals surface area contributed by atoms with Crippen LogP contribution in [0.4, 0.5) is 0 Å². The van der Waals surface area contributed by atoms with E-state index in [0.717, 1.165) is 49.8 Å². The Bertz CT molecular complexity index is 2350. The van der Waals surface area contributed by atoms with Crippen LogP contribution in [0.15, 0.2) is 132 Å². The van der Waals surface area contributed by atoms with Gasteiger partial charge in [0.05, 0.1) is 11.0 Å². The minimum atomic E-state index is 0.898. The number of nitrogens with one attached hydrogen (secondary N) is 1. The second-order valence-corrected chi connectivity index (χ2v) is 10.3. The van der Waals surface area contributed by atoms with Gasteiger partial charge in [-0.3, -0.25) is 0 Å². The van der Waals surface area contributed by atoms with Gasteiger partial charge in [0.25, 0.3) is 0 Å². The summed E-state index contributed by atoms with van der Waals surface area (Å²) in [7, 11) is 0. The summed E-state index contributed by atoms with van der Waals surface area (Å²) in [4.78, 5) is 3.53. The first-order valence-electron chi connectivity index (χ1n) is 13.3. The van der Waals surface area contributed by atoms with Gasteiger partial charge >= 0.3 is 0 Å². The van der Waals surface area contributed by atoms with E-state index >= 15 is 0 Å². The van der Waals surface area contributed by atoms with Crippen molar-refractivity contribution in [1.82, 2.24) is 9.55 Å². The SMILES string of the molecule is c1ccc2c(c1)[nH]c1ccc(-c3cccc4c3oc3ccc(-n5c6ccccc6c6ccccc65)cc34)cc12. The normalized spacial score (nSPS) is 12.1. The summed E-state index contributed by atoms with van der Waals surface area (Å²) < 4.78 is 8.91. The van der Waals surface area contributed by atoms with E-state index < -0.39 is 0 Å². The van der Waals surface area contributed by atoms with Crippen LogP contribution < -0.4 is 0 Å². The van der Waals surface area contributed by atoms with Crippen LogP contribution in [0.3, 0.4) is 0 Å². The zero-order valence-electron chi connectivity index (χ0n) is 21.0. The molecule has 0 fully saturated rings. The molecular weight excluding hydrogens is 476 g/mol. The topological polar surface area (TPSA) is 33.9 Å². The molecule has 9 rings (SSSR count). The molecule has 0 aliphatic heterocycles. The van der Waals surface area contributed by atoms with Crippen LogP contribution in [0.2, 0.25) is 0 Å². The highest BCUT2D eigenvalue weighted by molar-refractivity contribution is 6.13. The third kappa shape index (κ3) is 2.87. The maximum Gasteiger partial charge on any atom is 0.143 e. The molecule has 0 atom stereocenters. The summed E-state index contributed by atoms with van der Waals surface area (Å²) in [6.45, 7) is 0. The quantitative estimate of drug-likeness (QED) is 0.253. The molecule has 6 aromatic carbocycles. The Balaban J connectivity index is 1.28. The fraction of sp³-hybridized carbons (Fsp3) is 0. The van der Waals surface area contributed by atoms with Crippen molar-refractivity contribution in [2.24, 2.45) is 0 Å². The van der Waals surface area contributed by atoms with Crippen molar-refractivity contribution in [3.63, 3.8) is 0 Å². The number of rotatable bonds is 2. The molecule has 3 aromatic heterocycles. The van der Waals surface area contributed by atoms with E-state index in [1.54, 1.807) is 0 Å². The van der Waals surface area contributed by atoms with Crippen LogP contribution in [-0.2, 0) is 0 Å². The van der Waals surface area contributed by atoms with Crippen LogP contribution in [0.1, 0.15) is 0 Å². The lowest BCUT2D eigenvalue weighted by molar-refractivity contribution is 0.670. The fourth-order valence-electron chi connectivity index (χ4n) is 6.37. The van der Waals surface area contributed by atoms with Gasteiger partial charge in [0.1, 0.15) is 11.2 Å². The summed E-state index contributed by atoms with van der Waals surface area (Å²) in [6, 6.07) is 45.4.